The van der Waals surface area contributed by atoms with E-state index in [0.29, 0.717) is 17.8 Å². The zero-order valence-electron chi connectivity index (χ0n) is 12.8. The molecule has 1 aromatic carbocycles. The summed E-state index contributed by atoms with van der Waals surface area (Å²) in [7, 11) is 1.70. The summed E-state index contributed by atoms with van der Waals surface area (Å²) in [5.74, 6) is 2.72. The molecule has 114 valence electrons. The third-order valence-electron chi connectivity index (χ3n) is 5.33. The molecule has 0 saturated heterocycles. The largest absolute Gasteiger partial charge is 0.497 e. The van der Waals surface area contributed by atoms with Crippen molar-refractivity contribution < 1.29 is 9.53 Å². The van der Waals surface area contributed by atoms with E-state index in [1.54, 1.807) is 7.11 Å². The lowest BCUT2D eigenvalue weighted by Gasteiger charge is -2.33. The van der Waals surface area contributed by atoms with E-state index < -0.39 is 0 Å². The number of rotatable bonds is 5. The van der Waals surface area contributed by atoms with Crippen molar-refractivity contribution in [2.75, 3.05) is 7.11 Å². The molecule has 0 spiro atoms. The summed E-state index contributed by atoms with van der Waals surface area (Å²) in [5.41, 5.74) is 7.03. The first-order valence-corrected chi connectivity index (χ1v) is 8.12. The Morgan fingerprint density at radius 2 is 1.57 bits per heavy atom. The molecule has 2 fully saturated rings. The van der Waals surface area contributed by atoms with Gasteiger partial charge in [-0.1, -0.05) is 12.1 Å². The Labute approximate surface area is 126 Å². The van der Waals surface area contributed by atoms with Crippen molar-refractivity contribution in [1.29, 1.82) is 0 Å². The SMILES string of the molecule is COc1ccc(C2CCC(C(C(N)=O)C3CC3)CC2)cc1. The number of nitrogens with two attached hydrogens (primary N) is 1. The summed E-state index contributed by atoms with van der Waals surface area (Å²) in [6.07, 6.45) is 7.03. The number of amides is 1. The smallest absolute Gasteiger partial charge is 0.221 e. The van der Waals surface area contributed by atoms with Crippen LogP contribution in [0.4, 0.5) is 0 Å². The molecule has 2 N–H and O–H groups in total. The minimum atomic E-state index is -0.0644. The highest BCUT2D eigenvalue weighted by molar-refractivity contribution is 5.77. The van der Waals surface area contributed by atoms with Gasteiger partial charge in [0.1, 0.15) is 5.75 Å². The van der Waals surface area contributed by atoms with Crippen LogP contribution in [0.15, 0.2) is 24.3 Å². The van der Waals surface area contributed by atoms with Gasteiger partial charge in [-0.05, 0) is 74.0 Å². The number of methoxy groups -OCH3 is 1. The molecule has 21 heavy (non-hydrogen) atoms. The average molecular weight is 287 g/mol. The summed E-state index contributed by atoms with van der Waals surface area (Å²) in [5, 5.41) is 0. The monoisotopic (exact) mass is 287 g/mol. The lowest BCUT2D eigenvalue weighted by molar-refractivity contribution is -0.124. The molecule has 1 amide bonds. The maximum atomic E-state index is 11.7. The minimum Gasteiger partial charge on any atom is -0.497 e. The van der Waals surface area contributed by atoms with Gasteiger partial charge in [0.15, 0.2) is 0 Å². The highest BCUT2D eigenvalue weighted by atomic mass is 16.5. The molecule has 0 heterocycles. The molecule has 1 atom stereocenters. The predicted molar refractivity (Wildman–Crippen MR) is 83.1 cm³/mol. The van der Waals surface area contributed by atoms with Crippen LogP contribution in [0.5, 0.6) is 5.75 Å². The highest BCUT2D eigenvalue weighted by Gasteiger charge is 2.41. The van der Waals surface area contributed by atoms with Crippen LogP contribution in [0.2, 0.25) is 0 Å². The second-order valence-corrected chi connectivity index (χ2v) is 6.65. The number of hydrogen-bond donors (Lipinski definition) is 1. The summed E-state index contributed by atoms with van der Waals surface area (Å²) >= 11 is 0. The molecular weight excluding hydrogens is 262 g/mol. The van der Waals surface area contributed by atoms with Crippen LogP contribution in [-0.2, 0) is 4.79 Å². The Morgan fingerprint density at radius 3 is 2.00 bits per heavy atom. The van der Waals surface area contributed by atoms with Crippen molar-refractivity contribution in [2.45, 2.75) is 44.4 Å². The third-order valence-corrected chi connectivity index (χ3v) is 5.33. The van der Waals surface area contributed by atoms with E-state index >= 15 is 0 Å². The number of hydrogen-bond acceptors (Lipinski definition) is 2. The van der Waals surface area contributed by atoms with Crippen LogP contribution < -0.4 is 10.5 Å². The fraction of sp³-hybridized carbons (Fsp3) is 0.611. The molecular formula is C18H25NO2. The lowest BCUT2D eigenvalue weighted by Crippen LogP contribution is -2.33. The third kappa shape index (κ3) is 3.22. The van der Waals surface area contributed by atoms with E-state index in [1.807, 2.05) is 12.1 Å². The van der Waals surface area contributed by atoms with Gasteiger partial charge in [-0.15, -0.1) is 0 Å². The van der Waals surface area contributed by atoms with Gasteiger partial charge in [0.25, 0.3) is 0 Å². The van der Waals surface area contributed by atoms with Crippen molar-refractivity contribution in [3.63, 3.8) is 0 Å². The predicted octanol–water partition coefficient (Wildman–Crippen LogP) is 3.48. The van der Waals surface area contributed by atoms with E-state index in [4.69, 9.17) is 10.5 Å². The molecule has 2 aliphatic rings. The van der Waals surface area contributed by atoms with Gasteiger partial charge in [-0.25, -0.2) is 0 Å². The van der Waals surface area contributed by atoms with E-state index in [1.165, 1.54) is 31.2 Å². The van der Waals surface area contributed by atoms with Crippen molar-refractivity contribution in [2.24, 2.45) is 23.5 Å². The Bertz CT molecular complexity index is 484. The molecule has 3 nitrogen and oxygen atoms in total. The number of carbonyl (C=O) groups is 1. The summed E-state index contributed by atoms with van der Waals surface area (Å²) in [6.45, 7) is 0. The molecule has 3 heteroatoms. The zero-order valence-corrected chi connectivity index (χ0v) is 12.8. The van der Waals surface area contributed by atoms with Gasteiger partial charge in [0.2, 0.25) is 5.91 Å². The number of benzene rings is 1. The van der Waals surface area contributed by atoms with Crippen LogP contribution in [0.25, 0.3) is 0 Å². The number of ether oxygens (including phenoxy) is 1. The van der Waals surface area contributed by atoms with Crippen LogP contribution in [0.1, 0.15) is 50.0 Å². The lowest BCUT2D eigenvalue weighted by atomic mass is 9.72. The van der Waals surface area contributed by atoms with E-state index in [0.717, 1.165) is 18.6 Å². The highest BCUT2D eigenvalue weighted by Crippen LogP contribution is 2.47. The first-order chi connectivity index (χ1) is 10.2. The molecule has 0 bridgehead atoms. The standard InChI is InChI=1S/C18H25NO2/c1-21-16-10-8-13(9-11-16)12-2-4-14(5-3-12)17(18(19)20)15-6-7-15/h8-12,14-15,17H,2-7H2,1H3,(H2,19,20). The van der Waals surface area contributed by atoms with Crippen LogP contribution in [-0.4, -0.2) is 13.0 Å². The van der Waals surface area contributed by atoms with Gasteiger partial charge in [0.05, 0.1) is 7.11 Å². The van der Waals surface area contributed by atoms with Crippen molar-refractivity contribution in [1.82, 2.24) is 0 Å². The average Bonchev–Trinajstić information content (AvgIpc) is 3.33. The Hall–Kier alpha value is -1.51. The molecule has 0 radical (unpaired) electrons. The van der Waals surface area contributed by atoms with Gasteiger partial charge in [-0.2, -0.15) is 0 Å². The molecule has 3 rings (SSSR count). The van der Waals surface area contributed by atoms with Gasteiger partial charge in [-0.3, -0.25) is 4.79 Å². The van der Waals surface area contributed by atoms with Crippen LogP contribution >= 0.6 is 0 Å². The van der Waals surface area contributed by atoms with Crippen molar-refractivity contribution in [3.05, 3.63) is 29.8 Å². The van der Waals surface area contributed by atoms with E-state index in [9.17, 15) is 4.79 Å². The Kier molecular flexibility index (Phi) is 4.18. The molecule has 2 aliphatic carbocycles. The Morgan fingerprint density at radius 1 is 1.05 bits per heavy atom. The maximum Gasteiger partial charge on any atom is 0.221 e. The van der Waals surface area contributed by atoms with Gasteiger partial charge < -0.3 is 10.5 Å². The van der Waals surface area contributed by atoms with Gasteiger partial charge >= 0.3 is 0 Å². The fourth-order valence-electron chi connectivity index (χ4n) is 3.99. The molecule has 2 saturated carbocycles. The van der Waals surface area contributed by atoms with Crippen molar-refractivity contribution in [3.8, 4) is 5.75 Å². The quantitative estimate of drug-likeness (QED) is 0.901. The van der Waals surface area contributed by atoms with E-state index in [2.05, 4.69) is 12.1 Å². The zero-order chi connectivity index (χ0) is 14.8. The molecule has 1 unspecified atom stereocenters. The summed E-state index contributed by atoms with van der Waals surface area (Å²) < 4.78 is 5.21. The minimum absolute atomic E-state index is 0.0644. The molecule has 0 aliphatic heterocycles. The first-order valence-electron chi connectivity index (χ1n) is 8.12. The van der Waals surface area contributed by atoms with Crippen molar-refractivity contribution >= 4 is 5.91 Å². The summed E-state index contributed by atoms with van der Waals surface area (Å²) in [4.78, 5) is 11.7. The molecule has 0 aromatic heterocycles. The van der Waals surface area contributed by atoms with Crippen LogP contribution in [0.3, 0.4) is 0 Å². The summed E-state index contributed by atoms with van der Waals surface area (Å²) in [6, 6.07) is 8.43. The second-order valence-electron chi connectivity index (χ2n) is 6.65. The number of carbonyl (C=O) groups excluding carboxylic acids is 1. The first kappa shape index (κ1) is 14.4. The topological polar surface area (TPSA) is 52.3 Å². The Balaban J connectivity index is 1.60. The van der Waals surface area contributed by atoms with E-state index in [-0.39, 0.29) is 11.8 Å². The fourth-order valence-corrected chi connectivity index (χ4v) is 3.99. The second kappa shape index (κ2) is 6.08. The normalized spacial score (nSPS) is 27.1. The molecule has 1 aromatic rings. The maximum absolute atomic E-state index is 11.7. The van der Waals surface area contributed by atoms with Crippen LogP contribution in [0, 0.1) is 17.8 Å². The van der Waals surface area contributed by atoms with Gasteiger partial charge in [0, 0.05) is 5.92 Å². The number of primary amides is 1.